The minimum absolute atomic E-state index is 0.00324. The second-order valence-electron chi connectivity index (χ2n) is 6.63. The summed E-state index contributed by atoms with van der Waals surface area (Å²) in [6, 6.07) is 5.53. The molecule has 1 fully saturated rings. The van der Waals surface area contributed by atoms with Crippen LogP contribution < -0.4 is 5.32 Å². The number of alkyl halides is 3. The first-order valence-electron chi connectivity index (χ1n) is 7.78. The lowest BCUT2D eigenvalue weighted by atomic mass is 9.83. The Labute approximate surface area is 133 Å². The summed E-state index contributed by atoms with van der Waals surface area (Å²) in [6.07, 6.45) is -1.65. The third kappa shape index (κ3) is 4.70. The first kappa shape index (κ1) is 17.8. The fourth-order valence-electron chi connectivity index (χ4n) is 2.76. The van der Waals surface area contributed by atoms with Crippen LogP contribution in [0, 0.1) is 0 Å². The molecule has 2 N–H and O–H groups in total. The zero-order valence-electron chi connectivity index (χ0n) is 13.3. The molecule has 1 atom stereocenters. The Bertz CT molecular complexity index is 542. The number of hydrogen-bond donors (Lipinski definition) is 2. The average Bonchev–Trinajstić information content (AvgIpc) is 2.48. The monoisotopic (exact) mass is 329 g/mol. The molecule has 0 radical (unpaired) electrons. The fourth-order valence-corrected chi connectivity index (χ4v) is 2.76. The summed E-state index contributed by atoms with van der Waals surface area (Å²) in [7, 11) is 0. The second-order valence-corrected chi connectivity index (χ2v) is 6.63. The van der Waals surface area contributed by atoms with Crippen molar-refractivity contribution in [1.82, 2.24) is 5.32 Å². The van der Waals surface area contributed by atoms with E-state index in [1.807, 2.05) is 0 Å². The highest BCUT2D eigenvalue weighted by Gasteiger charge is 2.37. The van der Waals surface area contributed by atoms with Gasteiger partial charge in [-0.3, -0.25) is 4.79 Å². The molecule has 1 saturated carbocycles. The Kier molecular flexibility index (Phi) is 5.04. The molecule has 0 bridgehead atoms. The predicted octanol–water partition coefficient (Wildman–Crippen LogP) is 3.78. The molecular weight excluding hydrogens is 307 g/mol. The Morgan fingerprint density at radius 2 is 1.78 bits per heavy atom. The molecule has 128 valence electrons. The van der Waals surface area contributed by atoms with Gasteiger partial charge in [-0.25, -0.2) is 0 Å². The average molecular weight is 329 g/mol. The van der Waals surface area contributed by atoms with Crippen molar-refractivity contribution in [3.05, 3.63) is 35.4 Å². The zero-order valence-corrected chi connectivity index (χ0v) is 13.3. The Morgan fingerprint density at radius 3 is 2.26 bits per heavy atom. The molecule has 0 spiro atoms. The quantitative estimate of drug-likeness (QED) is 0.887. The SMILES string of the molecule is CC(c1ccc(C(=O)NC2CCC(C)(O)CC2)cc1)C(F)(F)F. The molecule has 23 heavy (non-hydrogen) atoms. The zero-order chi connectivity index (χ0) is 17.3. The van der Waals surface area contributed by atoms with Crippen LogP contribution in [0.3, 0.4) is 0 Å². The van der Waals surface area contributed by atoms with E-state index in [0.29, 0.717) is 31.2 Å². The smallest absolute Gasteiger partial charge is 0.390 e. The maximum atomic E-state index is 12.7. The van der Waals surface area contributed by atoms with Crippen LogP contribution in [0.1, 0.15) is 61.4 Å². The fraction of sp³-hybridized carbons (Fsp3) is 0.588. The molecule has 1 aliphatic rings. The van der Waals surface area contributed by atoms with Gasteiger partial charge in [0.2, 0.25) is 0 Å². The summed E-state index contributed by atoms with van der Waals surface area (Å²) in [6.45, 7) is 2.88. The largest absolute Gasteiger partial charge is 0.395 e. The molecule has 1 aromatic carbocycles. The summed E-state index contributed by atoms with van der Waals surface area (Å²) >= 11 is 0. The van der Waals surface area contributed by atoms with Crippen molar-refractivity contribution in [1.29, 1.82) is 0 Å². The number of carbonyl (C=O) groups is 1. The molecule has 0 heterocycles. The molecule has 0 saturated heterocycles. The van der Waals surface area contributed by atoms with E-state index in [1.54, 1.807) is 6.92 Å². The molecule has 6 heteroatoms. The van der Waals surface area contributed by atoms with Crippen LogP contribution in [0.5, 0.6) is 0 Å². The van der Waals surface area contributed by atoms with Crippen LogP contribution in [0.15, 0.2) is 24.3 Å². The Balaban J connectivity index is 1.96. The van der Waals surface area contributed by atoms with E-state index in [9.17, 15) is 23.1 Å². The molecule has 1 unspecified atom stereocenters. The lowest BCUT2D eigenvalue weighted by Gasteiger charge is -2.33. The van der Waals surface area contributed by atoms with Gasteiger partial charge in [0.25, 0.3) is 5.91 Å². The van der Waals surface area contributed by atoms with E-state index in [0.717, 1.165) is 6.92 Å². The van der Waals surface area contributed by atoms with Crippen molar-refractivity contribution in [3.63, 3.8) is 0 Å². The van der Waals surface area contributed by atoms with Crippen molar-refractivity contribution < 1.29 is 23.1 Å². The molecule has 1 aromatic rings. The van der Waals surface area contributed by atoms with Gasteiger partial charge >= 0.3 is 6.18 Å². The summed E-state index contributed by atoms with van der Waals surface area (Å²) in [5.74, 6) is -1.84. The molecule has 1 aliphatic carbocycles. The first-order chi connectivity index (χ1) is 10.6. The van der Waals surface area contributed by atoms with Gasteiger partial charge in [0.05, 0.1) is 11.5 Å². The summed E-state index contributed by atoms with van der Waals surface area (Å²) in [4.78, 5) is 12.2. The van der Waals surface area contributed by atoms with E-state index in [4.69, 9.17) is 0 Å². The molecule has 0 aromatic heterocycles. The lowest BCUT2D eigenvalue weighted by molar-refractivity contribution is -0.146. The Morgan fingerprint density at radius 1 is 1.26 bits per heavy atom. The molecule has 2 rings (SSSR count). The predicted molar refractivity (Wildman–Crippen MR) is 81.3 cm³/mol. The van der Waals surface area contributed by atoms with Gasteiger partial charge in [-0.05, 0) is 57.2 Å². The van der Waals surface area contributed by atoms with Crippen LogP contribution in [0.25, 0.3) is 0 Å². The van der Waals surface area contributed by atoms with E-state index < -0.39 is 17.7 Å². The number of aliphatic hydroxyl groups is 1. The summed E-state index contributed by atoms with van der Waals surface area (Å²) in [5.41, 5.74) is -0.181. The maximum absolute atomic E-state index is 12.7. The third-order valence-corrected chi connectivity index (χ3v) is 4.56. The summed E-state index contributed by atoms with van der Waals surface area (Å²) in [5, 5.41) is 12.8. The second kappa shape index (κ2) is 6.51. The summed E-state index contributed by atoms with van der Waals surface area (Å²) < 4.78 is 38.0. The van der Waals surface area contributed by atoms with Crippen molar-refractivity contribution in [2.24, 2.45) is 0 Å². The highest BCUT2D eigenvalue weighted by Crippen LogP contribution is 2.34. The number of halogens is 3. The first-order valence-corrected chi connectivity index (χ1v) is 7.78. The van der Waals surface area contributed by atoms with E-state index in [2.05, 4.69) is 5.32 Å². The van der Waals surface area contributed by atoms with Crippen molar-refractivity contribution in [2.75, 3.05) is 0 Å². The number of carbonyl (C=O) groups excluding carboxylic acids is 1. The molecular formula is C17H22F3NO2. The van der Waals surface area contributed by atoms with E-state index >= 15 is 0 Å². The molecule has 1 amide bonds. The van der Waals surface area contributed by atoms with Crippen LogP contribution in [0.2, 0.25) is 0 Å². The van der Waals surface area contributed by atoms with Crippen LogP contribution in [-0.4, -0.2) is 28.8 Å². The minimum atomic E-state index is -4.29. The molecule has 3 nitrogen and oxygen atoms in total. The number of amides is 1. The van der Waals surface area contributed by atoms with Crippen molar-refractivity contribution in [3.8, 4) is 0 Å². The van der Waals surface area contributed by atoms with Crippen LogP contribution in [-0.2, 0) is 0 Å². The van der Waals surface area contributed by atoms with Gasteiger partial charge in [0, 0.05) is 11.6 Å². The Hall–Kier alpha value is -1.56. The number of nitrogens with one attached hydrogen (secondary N) is 1. The van der Waals surface area contributed by atoms with Crippen molar-refractivity contribution >= 4 is 5.91 Å². The van der Waals surface area contributed by atoms with Crippen LogP contribution in [0.4, 0.5) is 13.2 Å². The standard InChI is InChI=1S/C17H22F3NO2/c1-11(17(18,19)20)12-3-5-13(6-4-12)15(22)21-14-7-9-16(2,23)10-8-14/h3-6,11,14,23H,7-10H2,1-2H3,(H,21,22). The number of hydrogen-bond acceptors (Lipinski definition) is 2. The van der Waals surface area contributed by atoms with Gasteiger partial charge < -0.3 is 10.4 Å². The van der Waals surface area contributed by atoms with Gasteiger partial charge in [-0.2, -0.15) is 13.2 Å². The topological polar surface area (TPSA) is 49.3 Å². The van der Waals surface area contributed by atoms with Gasteiger partial charge in [-0.15, -0.1) is 0 Å². The van der Waals surface area contributed by atoms with Crippen LogP contribution >= 0.6 is 0 Å². The van der Waals surface area contributed by atoms with E-state index in [1.165, 1.54) is 24.3 Å². The highest BCUT2D eigenvalue weighted by molar-refractivity contribution is 5.94. The number of benzene rings is 1. The third-order valence-electron chi connectivity index (χ3n) is 4.56. The maximum Gasteiger partial charge on any atom is 0.395 e. The van der Waals surface area contributed by atoms with Gasteiger partial charge in [0.1, 0.15) is 0 Å². The highest BCUT2D eigenvalue weighted by atomic mass is 19.4. The van der Waals surface area contributed by atoms with Gasteiger partial charge in [-0.1, -0.05) is 12.1 Å². The van der Waals surface area contributed by atoms with Gasteiger partial charge in [0.15, 0.2) is 0 Å². The lowest BCUT2D eigenvalue weighted by Crippen LogP contribution is -2.42. The molecule has 0 aliphatic heterocycles. The number of rotatable bonds is 3. The van der Waals surface area contributed by atoms with Crippen molar-refractivity contribution in [2.45, 2.75) is 63.3 Å². The van der Waals surface area contributed by atoms with E-state index in [-0.39, 0.29) is 17.5 Å². The normalized spacial score (nSPS) is 26.6. The minimum Gasteiger partial charge on any atom is -0.390 e.